The van der Waals surface area contributed by atoms with Gasteiger partial charge in [-0.05, 0) is 42.9 Å². The van der Waals surface area contributed by atoms with Gasteiger partial charge in [-0.2, -0.15) is 0 Å². The molecule has 0 N–H and O–H groups in total. The normalized spacial score (nSPS) is 27.7. The molecule has 4 rings (SSSR count). The fraction of sp³-hybridized carbons (Fsp3) is 0.636. The summed E-state index contributed by atoms with van der Waals surface area (Å²) in [6.07, 6.45) is 3.50. The summed E-state index contributed by atoms with van der Waals surface area (Å²) >= 11 is 0. The molecule has 0 aliphatic carbocycles. The molecule has 3 heterocycles. The Kier molecular flexibility index (Phi) is 5.58. The summed E-state index contributed by atoms with van der Waals surface area (Å²) in [5, 5.41) is 0. The zero-order valence-electron chi connectivity index (χ0n) is 17.0. The van der Waals surface area contributed by atoms with Crippen LogP contribution in [0.3, 0.4) is 0 Å². The van der Waals surface area contributed by atoms with E-state index in [1.807, 2.05) is 21.9 Å². The molecule has 3 aliphatic heterocycles. The molecule has 28 heavy (non-hydrogen) atoms. The highest BCUT2D eigenvalue weighted by Crippen LogP contribution is 2.45. The van der Waals surface area contributed by atoms with Gasteiger partial charge < -0.3 is 14.5 Å². The van der Waals surface area contributed by atoms with Gasteiger partial charge in [0, 0.05) is 45.6 Å². The molecule has 3 atom stereocenters. The van der Waals surface area contributed by atoms with Crippen LogP contribution in [0.25, 0.3) is 0 Å². The van der Waals surface area contributed by atoms with Crippen molar-refractivity contribution >= 4 is 11.8 Å². The standard InChI is InChI=1S/C22H31N3O3/c1-16(26)25-13-18-12-23(15-21(27)24-10-4-3-5-11-24)14-20(18)22(25)17-6-8-19(28-2)9-7-17/h6-9,18,20,22H,3-5,10-15H2,1-2H3/t18-,20-,22+/m1/s1. The second kappa shape index (κ2) is 8.11. The molecule has 1 aromatic carbocycles. The van der Waals surface area contributed by atoms with Gasteiger partial charge in [0.05, 0.1) is 19.7 Å². The maximum absolute atomic E-state index is 12.7. The SMILES string of the molecule is COc1ccc([C@H]2[C@@H]3CN(CC(=O)N4CCCCC4)C[C@@H]3CN2C(C)=O)cc1. The molecule has 0 aromatic heterocycles. The molecule has 152 valence electrons. The number of hydrogen-bond donors (Lipinski definition) is 0. The van der Waals surface area contributed by atoms with E-state index < -0.39 is 0 Å². The minimum absolute atomic E-state index is 0.0866. The summed E-state index contributed by atoms with van der Waals surface area (Å²) in [6, 6.07) is 8.16. The van der Waals surface area contributed by atoms with Gasteiger partial charge >= 0.3 is 0 Å². The van der Waals surface area contributed by atoms with E-state index in [4.69, 9.17) is 4.74 Å². The van der Waals surface area contributed by atoms with Gasteiger partial charge in [-0.25, -0.2) is 0 Å². The van der Waals surface area contributed by atoms with Crippen molar-refractivity contribution in [3.05, 3.63) is 29.8 Å². The van der Waals surface area contributed by atoms with Gasteiger partial charge in [0.2, 0.25) is 11.8 Å². The Morgan fingerprint density at radius 1 is 1.04 bits per heavy atom. The number of methoxy groups -OCH3 is 1. The van der Waals surface area contributed by atoms with E-state index in [0.29, 0.717) is 18.4 Å². The number of rotatable bonds is 4. The molecule has 6 heteroatoms. The summed E-state index contributed by atoms with van der Waals surface area (Å²) in [7, 11) is 1.66. The third-order valence-electron chi connectivity index (χ3n) is 6.67. The molecule has 3 aliphatic rings. The fourth-order valence-electron chi connectivity index (χ4n) is 5.25. The summed E-state index contributed by atoms with van der Waals surface area (Å²) in [4.78, 5) is 31.3. The first-order valence-corrected chi connectivity index (χ1v) is 10.5. The smallest absolute Gasteiger partial charge is 0.236 e. The van der Waals surface area contributed by atoms with Gasteiger partial charge in [0.25, 0.3) is 0 Å². The van der Waals surface area contributed by atoms with Crippen LogP contribution in [0.5, 0.6) is 5.75 Å². The van der Waals surface area contributed by atoms with Crippen molar-refractivity contribution in [1.29, 1.82) is 0 Å². The lowest BCUT2D eigenvalue weighted by atomic mass is 9.89. The van der Waals surface area contributed by atoms with E-state index in [0.717, 1.165) is 56.9 Å². The van der Waals surface area contributed by atoms with Crippen LogP contribution in [0, 0.1) is 11.8 Å². The Balaban J connectivity index is 1.46. The molecule has 0 saturated carbocycles. The van der Waals surface area contributed by atoms with Crippen molar-refractivity contribution in [2.45, 2.75) is 32.2 Å². The maximum atomic E-state index is 12.7. The summed E-state index contributed by atoms with van der Waals surface area (Å²) in [5.41, 5.74) is 1.16. The van der Waals surface area contributed by atoms with Crippen molar-refractivity contribution in [2.75, 3.05) is 46.4 Å². The number of piperidine rings is 1. The van der Waals surface area contributed by atoms with Crippen molar-refractivity contribution in [3.8, 4) is 5.75 Å². The van der Waals surface area contributed by atoms with Gasteiger partial charge in [-0.1, -0.05) is 12.1 Å². The summed E-state index contributed by atoms with van der Waals surface area (Å²) in [6.45, 7) is 6.56. The minimum atomic E-state index is 0.0866. The third kappa shape index (κ3) is 3.75. The Morgan fingerprint density at radius 2 is 1.75 bits per heavy atom. The average molecular weight is 386 g/mol. The number of hydrogen-bond acceptors (Lipinski definition) is 4. The molecule has 0 unspecified atom stereocenters. The maximum Gasteiger partial charge on any atom is 0.236 e. The Bertz CT molecular complexity index is 714. The van der Waals surface area contributed by atoms with E-state index >= 15 is 0 Å². The topological polar surface area (TPSA) is 53.1 Å². The molecule has 0 bridgehead atoms. The Morgan fingerprint density at radius 3 is 2.39 bits per heavy atom. The Labute approximate surface area is 167 Å². The highest BCUT2D eigenvalue weighted by Gasteiger charge is 2.48. The molecule has 6 nitrogen and oxygen atoms in total. The molecule has 0 spiro atoms. The average Bonchev–Trinajstić information content (AvgIpc) is 3.26. The van der Waals surface area contributed by atoms with Crippen molar-refractivity contribution in [1.82, 2.24) is 14.7 Å². The van der Waals surface area contributed by atoms with Crippen LogP contribution in [0.15, 0.2) is 24.3 Å². The van der Waals surface area contributed by atoms with Crippen LogP contribution < -0.4 is 4.74 Å². The van der Waals surface area contributed by atoms with E-state index in [-0.39, 0.29) is 17.9 Å². The van der Waals surface area contributed by atoms with Gasteiger partial charge in [-0.15, -0.1) is 0 Å². The van der Waals surface area contributed by atoms with Crippen LogP contribution >= 0.6 is 0 Å². The molecule has 0 radical (unpaired) electrons. The van der Waals surface area contributed by atoms with E-state index in [1.54, 1.807) is 14.0 Å². The zero-order valence-corrected chi connectivity index (χ0v) is 17.0. The lowest BCUT2D eigenvalue weighted by Gasteiger charge is -2.31. The number of likely N-dealkylation sites (tertiary alicyclic amines) is 3. The molecule has 1 aromatic rings. The molecule has 3 fully saturated rings. The Hall–Kier alpha value is -2.08. The quantitative estimate of drug-likeness (QED) is 0.797. The number of amides is 2. The van der Waals surface area contributed by atoms with Crippen LogP contribution in [0.4, 0.5) is 0 Å². The van der Waals surface area contributed by atoms with Crippen molar-refractivity contribution in [3.63, 3.8) is 0 Å². The largest absolute Gasteiger partial charge is 0.497 e. The van der Waals surface area contributed by atoms with Gasteiger partial charge in [0.15, 0.2) is 0 Å². The second-order valence-electron chi connectivity index (χ2n) is 8.45. The lowest BCUT2D eigenvalue weighted by Crippen LogP contribution is -2.43. The van der Waals surface area contributed by atoms with E-state index in [9.17, 15) is 9.59 Å². The van der Waals surface area contributed by atoms with Crippen molar-refractivity contribution < 1.29 is 14.3 Å². The van der Waals surface area contributed by atoms with E-state index in [2.05, 4.69) is 17.0 Å². The second-order valence-corrected chi connectivity index (χ2v) is 8.45. The van der Waals surface area contributed by atoms with Crippen molar-refractivity contribution in [2.24, 2.45) is 11.8 Å². The lowest BCUT2D eigenvalue weighted by molar-refractivity contribution is -0.134. The van der Waals surface area contributed by atoms with Gasteiger partial charge in [-0.3, -0.25) is 14.5 Å². The highest BCUT2D eigenvalue weighted by molar-refractivity contribution is 5.78. The van der Waals surface area contributed by atoms with Crippen LogP contribution in [-0.2, 0) is 9.59 Å². The summed E-state index contributed by atoms with van der Waals surface area (Å²) in [5.74, 6) is 2.04. The predicted octanol–water partition coefficient (Wildman–Crippen LogP) is 2.16. The van der Waals surface area contributed by atoms with Crippen LogP contribution in [0.1, 0.15) is 37.8 Å². The number of fused-ring (bicyclic) bond motifs is 1. The van der Waals surface area contributed by atoms with Gasteiger partial charge in [0.1, 0.15) is 5.75 Å². The fourth-order valence-corrected chi connectivity index (χ4v) is 5.25. The molecule has 2 amide bonds. The number of carbonyl (C=O) groups excluding carboxylic acids is 2. The monoisotopic (exact) mass is 385 g/mol. The van der Waals surface area contributed by atoms with E-state index in [1.165, 1.54) is 6.42 Å². The zero-order chi connectivity index (χ0) is 19.7. The first-order valence-electron chi connectivity index (χ1n) is 10.5. The number of carbonyl (C=O) groups is 2. The molecular formula is C22H31N3O3. The van der Waals surface area contributed by atoms with Crippen LogP contribution in [-0.4, -0.2) is 72.9 Å². The molecular weight excluding hydrogens is 354 g/mol. The minimum Gasteiger partial charge on any atom is -0.497 e. The predicted molar refractivity (Wildman–Crippen MR) is 107 cm³/mol. The first kappa shape index (κ1) is 19.2. The summed E-state index contributed by atoms with van der Waals surface area (Å²) < 4.78 is 5.28. The number of nitrogens with zero attached hydrogens (tertiary/aromatic N) is 3. The first-order chi connectivity index (χ1) is 13.6. The highest BCUT2D eigenvalue weighted by atomic mass is 16.5. The van der Waals surface area contributed by atoms with Crippen LogP contribution in [0.2, 0.25) is 0 Å². The third-order valence-corrected chi connectivity index (χ3v) is 6.67. The number of benzene rings is 1. The molecule has 3 saturated heterocycles. The number of ether oxygens (including phenoxy) is 1.